The standard InChI is InChI=1S/C8H8N2O2/c9-5-1-2-6-8(7(5)10)12-4-3-11-6/h1-4H,9-10H2. The van der Waals surface area contributed by atoms with E-state index in [0.29, 0.717) is 22.9 Å². The highest BCUT2D eigenvalue weighted by Crippen LogP contribution is 2.39. The number of fused-ring (bicyclic) bond motifs is 1. The third-order valence-corrected chi connectivity index (χ3v) is 1.63. The van der Waals surface area contributed by atoms with Crippen LogP contribution in [0.15, 0.2) is 24.7 Å². The van der Waals surface area contributed by atoms with Gasteiger partial charge in [-0.25, -0.2) is 0 Å². The van der Waals surface area contributed by atoms with Gasteiger partial charge in [0.05, 0.1) is 5.69 Å². The molecule has 0 saturated heterocycles. The number of nitrogen functional groups attached to an aromatic ring is 2. The van der Waals surface area contributed by atoms with Gasteiger partial charge < -0.3 is 20.9 Å². The van der Waals surface area contributed by atoms with Gasteiger partial charge in [-0.3, -0.25) is 0 Å². The van der Waals surface area contributed by atoms with Gasteiger partial charge in [-0.05, 0) is 12.1 Å². The minimum Gasteiger partial charge on any atom is -0.458 e. The average molecular weight is 164 g/mol. The van der Waals surface area contributed by atoms with Gasteiger partial charge in [-0.1, -0.05) is 0 Å². The quantitative estimate of drug-likeness (QED) is 0.563. The molecule has 0 fully saturated rings. The van der Waals surface area contributed by atoms with Crippen molar-refractivity contribution in [2.24, 2.45) is 0 Å². The summed E-state index contributed by atoms with van der Waals surface area (Å²) in [5.74, 6) is 1.07. The molecule has 1 aromatic carbocycles. The zero-order valence-electron chi connectivity index (χ0n) is 6.28. The molecule has 0 saturated carbocycles. The lowest BCUT2D eigenvalue weighted by Crippen LogP contribution is -2.02. The summed E-state index contributed by atoms with van der Waals surface area (Å²) in [6.07, 6.45) is 2.86. The molecular weight excluding hydrogens is 156 g/mol. The summed E-state index contributed by atoms with van der Waals surface area (Å²) in [5.41, 5.74) is 12.1. The second-order valence-corrected chi connectivity index (χ2v) is 2.40. The predicted molar refractivity (Wildman–Crippen MR) is 45.7 cm³/mol. The number of rotatable bonds is 0. The molecule has 0 amide bonds. The Kier molecular flexibility index (Phi) is 1.33. The molecule has 1 aliphatic heterocycles. The van der Waals surface area contributed by atoms with Gasteiger partial charge in [0.25, 0.3) is 0 Å². The first-order valence-electron chi connectivity index (χ1n) is 3.45. The first kappa shape index (κ1) is 6.84. The Morgan fingerprint density at radius 2 is 1.75 bits per heavy atom. The summed E-state index contributed by atoms with van der Waals surface area (Å²) < 4.78 is 10.2. The van der Waals surface area contributed by atoms with Gasteiger partial charge in [0.2, 0.25) is 0 Å². The summed E-state index contributed by atoms with van der Waals surface area (Å²) in [5, 5.41) is 0. The van der Waals surface area contributed by atoms with E-state index in [1.807, 2.05) is 0 Å². The molecule has 0 atom stereocenters. The van der Waals surface area contributed by atoms with Crippen LogP contribution in [-0.4, -0.2) is 0 Å². The Labute approximate surface area is 69.4 Å². The molecule has 4 nitrogen and oxygen atoms in total. The Hall–Kier alpha value is -1.84. The largest absolute Gasteiger partial charge is 0.458 e. The number of nitrogens with two attached hydrogens (primary N) is 2. The smallest absolute Gasteiger partial charge is 0.194 e. The third-order valence-electron chi connectivity index (χ3n) is 1.63. The zero-order valence-corrected chi connectivity index (χ0v) is 6.28. The molecule has 4 N–H and O–H groups in total. The highest BCUT2D eigenvalue weighted by molar-refractivity contribution is 5.75. The van der Waals surface area contributed by atoms with Crippen molar-refractivity contribution >= 4 is 11.4 Å². The van der Waals surface area contributed by atoms with E-state index >= 15 is 0 Å². The predicted octanol–water partition coefficient (Wildman–Crippen LogP) is 1.09. The van der Waals surface area contributed by atoms with Gasteiger partial charge in [-0.15, -0.1) is 0 Å². The Balaban J connectivity index is 2.58. The fraction of sp³-hybridized carbons (Fsp3) is 0. The Morgan fingerprint density at radius 1 is 1.00 bits per heavy atom. The normalized spacial score (nSPS) is 13.0. The molecule has 0 radical (unpaired) electrons. The van der Waals surface area contributed by atoms with Crippen molar-refractivity contribution in [1.29, 1.82) is 0 Å². The summed E-state index contributed by atoms with van der Waals surface area (Å²) >= 11 is 0. The maximum Gasteiger partial charge on any atom is 0.194 e. The number of ether oxygens (including phenoxy) is 2. The number of hydrogen-bond donors (Lipinski definition) is 2. The van der Waals surface area contributed by atoms with E-state index in [4.69, 9.17) is 20.9 Å². The molecule has 1 heterocycles. The van der Waals surface area contributed by atoms with Crippen molar-refractivity contribution in [3.8, 4) is 11.5 Å². The SMILES string of the molecule is Nc1ccc2c(c1N)OC=CO2. The highest BCUT2D eigenvalue weighted by atomic mass is 16.5. The topological polar surface area (TPSA) is 70.5 Å². The minimum absolute atomic E-state index is 0.414. The minimum atomic E-state index is 0.414. The molecular formula is C8H8N2O2. The monoisotopic (exact) mass is 164 g/mol. The first-order valence-corrected chi connectivity index (χ1v) is 3.45. The fourth-order valence-corrected chi connectivity index (χ4v) is 1.01. The van der Waals surface area contributed by atoms with Gasteiger partial charge in [0, 0.05) is 0 Å². The molecule has 0 unspecified atom stereocenters. The molecule has 0 aromatic heterocycles. The summed E-state index contributed by atoms with van der Waals surface area (Å²) in [7, 11) is 0. The van der Waals surface area contributed by atoms with Crippen molar-refractivity contribution in [2.45, 2.75) is 0 Å². The van der Waals surface area contributed by atoms with E-state index in [0.717, 1.165) is 0 Å². The van der Waals surface area contributed by atoms with Gasteiger partial charge in [-0.2, -0.15) is 0 Å². The molecule has 0 aliphatic carbocycles. The van der Waals surface area contributed by atoms with E-state index in [1.165, 1.54) is 12.5 Å². The number of hydrogen-bond acceptors (Lipinski definition) is 4. The van der Waals surface area contributed by atoms with Crippen LogP contribution in [0.3, 0.4) is 0 Å². The molecule has 2 rings (SSSR count). The van der Waals surface area contributed by atoms with Crippen LogP contribution in [-0.2, 0) is 0 Å². The van der Waals surface area contributed by atoms with Gasteiger partial charge >= 0.3 is 0 Å². The van der Waals surface area contributed by atoms with E-state index in [9.17, 15) is 0 Å². The molecule has 0 spiro atoms. The lowest BCUT2D eigenvalue weighted by Gasteiger charge is -2.14. The van der Waals surface area contributed by atoms with Crippen LogP contribution < -0.4 is 20.9 Å². The van der Waals surface area contributed by atoms with Crippen LogP contribution in [0.25, 0.3) is 0 Å². The summed E-state index contributed by atoms with van der Waals surface area (Å²) in [6, 6.07) is 3.39. The summed E-state index contributed by atoms with van der Waals surface area (Å²) in [6.45, 7) is 0. The van der Waals surface area contributed by atoms with Crippen LogP contribution in [0.5, 0.6) is 11.5 Å². The van der Waals surface area contributed by atoms with Crippen LogP contribution in [0.4, 0.5) is 11.4 Å². The van der Waals surface area contributed by atoms with Crippen LogP contribution >= 0.6 is 0 Å². The van der Waals surface area contributed by atoms with Crippen LogP contribution in [0, 0.1) is 0 Å². The molecule has 62 valence electrons. The van der Waals surface area contributed by atoms with Crippen molar-refractivity contribution in [3.05, 3.63) is 24.7 Å². The highest BCUT2D eigenvalue weighted by Gasteiger charge is 2.13. The molecule has 1 aromatic rings. The molecule has 0 bridgehead atoms. The van der Waals surface area contributed by atoms with E-state index < -0.39 is 0 Å². The average Bonchev–Trinajstić information content (AvgIpc) is 2.12. The number of benzene rings is 1. The summed E-state index contributed by atoms with van der Waals surface area (Å²) in [4.78, 5) is 0. The van der Waals surface area contributed by atoms with E-state index in [1.54, 1.807) is 12.1 Å². The molecule has 1 aliphatic rings. The maximum absolute atomic E-state index is 5.64. The molecule has 12 heavy (non-hydrogen) atoms. The van der Waals surface area contributed by atoms with E-state index in [2.05, 4.69) is 0 Å². The van der Waals surface area contributed by atoms with Crippen molar-refractivity contribution < 1.29 is 9.47 Å². The van der Waals surface area contributed by atoms with Gasteiger partial charge in [0.15, 0.2) is 11.5 Å². The Morgan fingerprint density at radius 3 is 2.58 bits per heavy atom. The maximum atomic E-state index is 5.64. The molecule has 4 heteroatoms. The zero-order chi connectivity index (χ0) is 8.55. The fourth-order valence-electron chi connectivity index (χ4n) is 1.01. The third kappa shape index (κ3) is 0.852. The van der Waals surface area contributed by atoms with Crippen molar-refractivity contribution in [1.82, 2.24) is 0 Å². The van der Waals surface area contributed by atoms with Crippen molar-refractivity contribution in [3.63, 3.8) is 0 Å². The van der Waals surface area contributed by atoms with Crippen molar-refractivity contribution in [2.75, 3.05) is 11.5 Å². The Bertz CT molecular complexity index is 347. The van der Waals surface area contributed by atoms with Crippen LogP contribution in [0.2, 0.25) is 0 Å². The van der Waals surface area contributed by atoms with E-state index in [-0.39, 0.29) is 0 Å². The number of anilines is 2. The second kappa shape index (κ2) is 2.34. The lowest BCUT2D eigenvalue weighted by molar-refractivity contribution is 0.363. The first-order chi connectivity index (χ1) is 5.79. The second-order valence-electron chi connectivity index (χ2n) is 2.40. The van der Waals surface area contributed by atoms with Gasteiger partial charge in [0.1, 0.15) is 18.2 Å². The lowest BCUT2D eigenvalue weighted by atomic mass is 10.2. The van der Waals surface area contributed by atoms with Crippen LogP contribution in [0.1, 0.15) is 0 Å².